The van der Waals surface area contributed by atoms with Crippen LogP contribution in [-0.4, -0.2) is 42.7 Å². The van der Waals surface area contributed by atoms with Gasteiger partial charge in [0.25, 0.3) is 0 Å². The van der Waals surface area contributed by atoms with Gasteiger partial charge in [0.1, 0.15) is 17.7 Å². The molecule has 1 aromatic heterocycles. The lowest BCUT2D eigenvalue weighted by atomic mass is 10.1. The van der Waals surface area contributed by atoms with E-state index < -0.39 is 0 Å². The monoisotopic (exact) mass is 340 g/mol. The van der Waals surface area contributed by atoms with E-state index in [1.54, 1.807) is 6.07 Å². The van der Waals surface area contributed by atoms with Crippen molar-refractivity contribution in [1.82, 2.24) is 9.97 Å². The Bertz CT molecular complexity index is 793. The third-order valence-corrected chi connectivity index (χ3v) is 4.20. The van der Waals surface area contributed by atoms with Crippen molar-refractivity contribution >= 4 is 17.5 Å². The van der Waals surface area contributed by atoms with Crippen molar-refractivity contribution in [2.75, 3.05) is 47.8 Å². The maximum absolute atomic E-state index is 13.3. The van der Waals surface area contributed by atoms with Crippen LogP contribution < -0.4 is 15.1 Å². The average Bonchev–Trinajstić information content (AvgIpc) is 2.61. The molecule has 25 heavy (non-hydrogen) atoms. The van der Waals surface area contributed by atoms with Crippen LogP contribution >= 0.6 is 0 Å². The van der Waals surface area contributed by atoms with Crippen LogP contribution in [0.1, 0.15) is 18.2 Å². The Hall–Kier alpha value is -2.88. The fourth-order valence-electron chi connectivity index (χ4n) is 3.00. The van der Waals surface area contributed by atoms with Crippen molar-refractivity contribution in [3.8, 4) is 6.07 Å². The zero-order valence-electron chi connectivity index (χ0n) is 14.5. The van der Waals surface area contributed by atoms with Crippen molar-refractivity contribution in [3.05, 3.63) is 41.3 Å². The number of hydrogen-bond donors (Lipinski definition) is 1. The Morgan fingerprint density at radius 1 is 1.16 bits per heavy atom. The van der Waals surface area contributed by atoms with Crippen LogP contribution in [0.5, 0.6) is 0 Å². The summed E-state index contributed by atoms with van der Waals surface area (Å²) >= 11 is 0. The van der Waals surface area contributed by atoms with Crippen molar-refractivity contribution in [3.63, 3.8) is 0 Å². The molecule has 0 aliphatic carbocycles. The summed E-state index contributed by atoms with van der Waals surface area (Å²) < 4.78 is 13.3. The summed E-state index contributed by atoms with van der Waals surface area (Å²) in [5.41, 5.74) is 2.09. The number of nitrogens with zero attached hydrogens (tertiary/aromatic N) is 5. The first-order chi connectivity index (χ1) is 12.1. The molecular formula is C18H21FN6. The lowest BCUT2D eigenvalue weighted by molar-refractivity contribution is 0.623. The fraction of sp³-hybridized carbons (Fsp3) is 0.389. The number of rotatable bonds is 4. The van der Waals surface area contributed by atoms with Gasteiger partial charge < -0.3 is 15.1 Å². The summed E-state index contributed by atoms with van der Waals surface area (Å²) in [7, 11) is 0. The van der Waals surface area contributed by atoms with E-state index in [9.17, 15) is 9.65 Å². The molecule has 6 nitrogen and oxygen atoms in total. The Kier molecular flexibility index (Phi) is 4.98. The molecule has 0 amide bonds. The van der Waals surface area contributed by atoms with Crippen LogP contribution in [0.25, 0.3) is 0 Å². The van der Waals surface area contributed by atoms with Gasteiger partial charge in [-0.2, -0.15) is 10.2 Å². The zero-order valence-corrected chi connectivity index (χ0v) is 14.5. The summed E-state index contributed by atoms with van der Waals surface area (Å²) in [6, 6.07) is 8.44. The molecule has 1 aliphatic heterocycles. The lowest BCUT2D eigenvalue weighted by Crippen LogP contribution is -2.47. The van der Waals surface area contributed by atoms with Gasteiger partial charge >= 0.3 is 0 Å². The summed E-state index contributed by atoms with van der Waals surface area (Å²) in [4.78, 5) is 13.3. The Morgan fingerprint density at radius 3 is 2.56 bits per heavy atom. The summed E-state index contributed by atoms with van der Waals surface area (Å²) in [6.07, 6.45) is 0. The predicted molar refractivity (Wildman–Crippen MR) is 96.5 cm³/mol. The average molecular weight is 340 g/mol. The molecule has 1 saturated heterocycles. The van der Waals surface area contributed by atoms with Gasteiger partial charge in [0.15, 0.2) is 0 Å². The molecule has 1 fully saturated rings. The van der Waals surface area contributed by atoms with E-state index in [4.69, 9.17) is 0 Å². The first kappa shape index (κ1) is 17.0. The molecule has 1 aromatic carbocycles. The number of hydrogen-bond acceptors (Lipinski definition) is 6. The molecule has 0 radical (unpaired) electrons. The summed E-state index contributed by atoms with van der Waals surface area (Å²) in [6.45, 7) is 7.81. The minimum atomic E-state index is -0.383. The fourth-order valence-corrected chi connectivity index (χ4v) is 3.00. The highest BCUT2D eigenvalue weighted by atomic mass is 19.1. The van der Waals surface area contributed by atoms with Crippen molar-refractivity contribution in [2.24, 2.45) is 0 Å². The van der Waals surface area contributed by atoms with Crippen LogP contribution in [0.2, 0.25) is 0 Å². The minimum Gasteiger partial charge on any atom is -0.367 e. The zero-order chi connectivity index (χ0) is 17.8. The van der Waals surface area contributed by atoms with E-state index in [0.717, 1.165) is 49.9 Å². The number of anilines is 3. The molecule has 0 unspecified atom stereocenters. The van der Waals surface area contributed by atoms with Crippen LogP contribution in [0.15, 0.2) is 24.3 Å². The second-order valence-electron chi connectivity index (χ2n) is 5.97. The van der Waals surface area contributed by atoms with E-state index in [1.807, 2.05) is 19.9 Å². The van der Waals surface area contributed by atoms with Crippen LogP contribution in [0, 0.1) is 24.1 Å². The maximum atomic E-state index is 13.3. The molecule has 7 heteroatoms. The number of nitriles is 1. The minimum absolute atomic E-state index is 0.376. The molecule has 1 N–H and O–H groups in total. The molecular weight excluding hydrogens is 319 g/mol. The van der Waals surface area contributed by atoms with E-state index >= 15 is 0 Å². The second-order valence-corrected chi connectivity index (χ2v) is 5.97. The highest BCUT2D eigenvalue weighted by Crippen LogP contribution is 2.24. The van der Waals surface area contributed by atoms with Crippen LogP contribution in [0.4, 0.5) is 21.8 Å². The summed E-state index contributed by atoms with van der Waals surface area (Å²) in [5, 5.41) is 12.4. The van der Waals surface area contributed by atoms with Gasteiger partial charge in [-0.25, -0.2) is 9.37 Å². The number of halogens is 1. The topological polar surface area (TPSA) is 68.1 Å². The maximum Gasteiger partial charge on any atom is 0.224 e. The number of aromatic nitrogens is 2. The molecule has 0 spiro atoms. The molecule has 0 atom stereocenters. The Labute approximate surface area is 146 Å². The smallest absolute Gasteiger partial charge is 0.224 e. The Morgan fingerprint density at radius 2 is 1.88 bits per heavy atom. The van der Waals surface area contributed by atoms with Crippen LogP contribution in [0.3, 0.4) is 0 Å². The molecule has 1 aliphatic rings. The standard InChI is InChI=1S/C18H21FN6/c1-3-21-18-22-13(2)10-17(23-18)25-8-6-24(7-9-25)16-5-4-15(19)11-14(16)12-20/h4-5,10-11H,3,6-9H2,1-2H3,(H,21,22,23). The normalized spacial score (nSPS) is 14.3. The predicted octanol–water partition coefficient (Wildman–Crippen LogP) is 2.55. The van der Waals surface area contributed by atoms with Crippen molar-refractivity contribution < 1.29 is 4.39 Å². The third kappa shape index (κ3) is 3.79. The SMILES string of the molecule is CCNc1nc(C)cc(N2CCN(c3ccc(F)cc3C#N)CC2)n1. The van der Waals surface area contributed by atoms with Gasteiger partial charge in [-0.15, -0.1) is 0 Å². The van der Waals surface area contributed by atoms with E-state index in [1.165, 1.54) is 12.1 Å². The third-order valence-electron chi connectivity index (χ3n) is 4.20. The van der Waals surface area contributed by atoms with E-state index in [0.29, 0.717) is 11.5 Å². The molecule has 130 valence electrons. The molecule has 2 aromatic rings. The summed E-state index contributed by atoms with van der Waals surface area (Å²) in [5.74, 6) is 1.17. The van der Waals surface area contributed by atoms with Gasteiger partial charge in [-0.3, -0.25) is 0 Å². The lowest BCUT2D eigenvalue weighted by Gasteiger charge is -2.37. The Balaban J connectivity index is 1.73. The van der Waals surface area contributed by atoms with Crippen molar-refractivity contribution in [1.29, 1.82) is 5.26 Å². The number of nitrogens with one attached hydrogen (secondary N) is 1. The van der Waals surface area contributed by atoms with Gasteiger partial charge in [-0.1, -0.05) is 0 Å². The first-order valence-corrected chi connectivity index (χ1v) is 8.40. The highest BCUT2D eigenvalue weighted by molar-refractivity contribution is 5.60. The van der Waals surface area contributed by atoms with E-state index in [-0.39, 0.29) is 5.82 Å². The quantitative estimate of drug-likeness (QED) is 0.922. The van der Waals surface area contributed by atoms with Gasteiger partial charge in [0, 0.05) is 44.5 Å². The van der Waals surface area contributed by atoms with Gasteiger partial charge in [0.2, 0.25) is 5.95 Å². The number of benzene rings is 1. The van der Waals surface area contributed by atoms with Crippen LogP contribution in [-0.2, 0) is 0 Å². The number of aryl methyl sites for hydroxylation is 1. The van der Waals surface area contributed by atoms with Crippen molar-refractivity contribution in [2.45, 2.75) is 13.8 Å². The molecule has 3 rings (SSSR count). The first-order valence-electron chi connectivity index (χ1n) is 8.40. The van der Waals surface area contributed by atoms with E-state index in [2.05, 4.69) is 31.2 Å². The molecule has 2 heterocycles. The van der Waals surface area contributed by atoms with Gasteiger partial charge in [-0.05, 0) is 32.0 Å². The number of piperazine rings is 1. The second kappa shape index (κ2) is 7.34. The van der Waals surface area contributed by atoms with Gasteiger partial charge in [0.05, 0.1) is 11.3 Å². The highest BCUT2D eigenvalue weighted by Gasteiger charge is 2.21. The largest absolute Gasteiger partial charge is 0.367 e. The molecule has 0 saturated carbocycles. The molecule has 0 bridgehead atoms.